The molecule has 84 valence electrons. The van der Waals surface area contributed by atoms with Crippen LogP contribution in [0.3, 0.4) is 0 Å². The second-order valence-electron chi connectivity index (χ2n) is 4.08. The Morgan fingerprint density at radius 2 is 2.44 bits per heavy atom. The molecule has 1 aliphatic rings. The summed E-state index contributed by atoms with van der Waals surface area (Å²) in [5, 5.41) is 6.73. The normalized spacial score (nSPS) is 15.5. The van der Waals surface area contributed by atoms with Crippen molar-refractivity contribution in [1.82, 2.24) is 10.3 Å². The van der Waals surface area contributed by atoms with Crippen molar-refractivity contribution in [3.05, 3.63) is 28.8 Å². The third-order valence-electron chi connectivity index (χ3n) is 2.67. The quantitative estimate of drug-likeness (QED) is 0.864. The minimum Gasteiger partial charge on any atom is -0.463 e. The van der Waals surface area contributed by atoms with Crippen LogP contribution in [0.1, 0.15) is 17.8 Å². The largest absolute Gasteiger partial charge is 0.463 e. The molecular weight excluding hydrogens is 220 g/mol. The zero-order chi connectivity index (χ0) is 10.8. The van der Waals surface area contributed by atoms with Gasteiger partial charge in [0.25, 0.3) is 0 Å². The molecule has 4 heteroatoms. The number of nitrogens with one attached hydrogen (secondary N) is 1. The van der Waals surface area contributed by atoms with Crippen molar-refractivity contribution in [3.8, 4) is 11.5 Å². The molecule has 1 fully saturated rings. The molecule has 0 spiro atoms. The first-order valence-electron chi connectivity index (χ1n) is 5.63. The van der Waals surface area contributed by atoms with Gasteiger partial charge in [-0.25, -0.2) is 4.98 Å². The Bertz CT molecular complexity index is 445. The Labute approximate surface area is 98.5 Å². The molecule has 0 radical (unpaired) electrons. The van der Waals surface area contributed by atoms with Gasteiger partial charge in [-0.2, -0.15) is 0 Å². The summed E-state index contributed by atoms with van der Waals surface area (Å²) in [6.45, 7) is 1.04. The van der Waals surface area contributed by atoms with E-state index in [2.05, 4.69) is 15.7 Å². The van der Waals surface area contributed by atoms with Gasteiger partial charge >= 0.3 is 0 Å². The van der Waals surface area contributed by atoms with Crippen LogP contribution in [0.2, 0.25) is 0 Å². The average molecular weight is 234 g/mol. The summed E-state index contributed by atoms with van der Waals surface area (Å²) >= 11 is 1.71. The van der Waals surface area contributed by atoms with Crippen molar-refractivity contribution in [1.29, 1.82) is 0 Å². The maximum Gasteiger partial charge on any atom is 0.153 e. The molecule has 1 aliphatic carbocycles. The highest BCUT2D eigenvalue weighted by Gasteiger charge is 2.19. The second-order valence-corrected chi connectivity index (χ2v) is 5.02. The Morgan fingerprint density at radius 3 is 3.19 bits per heavy atom. The highest BCUT2D eigenvalue weighted by atomic mass is 32.1. The minimum absolute atomic E-state index is 0.782. The number of furan rings is 1. The van der Waals surface area contributed by atoms with E-state index in [0.29, 0.717) is 0 Å². The molecule has 1 saturated carbocycles. The SMILES string of the molecule is c1coc(-c2csc(CCNC3CC3)n2)c1. The van der Waals surface area contributed by atoms with Gasteiger partial charge in [0.1, 0.15) is 5.69 Å². The zero-order valence-corrected chi connectivity index (χ0v) is 9.80. The average Bonchev–Trinajstić information content (AvgIpc) is 2.83. The van der Waals surface area contributed by atoms with Gasteiger partial charge in [0.15, 0.2) is 5.76 Å². The molecule has 2 aromatic rings. The Hall–Kier alpha value is -1.13. The van der Waals surface area contributed by atoms with Crippen molar-refractivity contribution in [2.45, 2.75) is 25.3 Å². The molecule has 16 heavy (non-hydrogen) atoms. The van der Waals surface area contributed by atoms with Gasteiger partial charge in [-0.3, -0.25) is 0 Å². The maximum atomic E-state index is 5.31. The highest BCUT2D eigenvalue weighted by Crippen LogP contribution is 2.22. The predicted molar refractivity (Wildman–Crippen MR) is 64.5 cm³/mol. The van der Waals surface area contributed by atoms with Gasteiger partial charge in [-0.1, -0.05) is 0 Å². The lowest BCUT2D eigenvalue weighted by Crippen LogP contribution is -2.19. The van der Waals surface area contributed by atoms with Gasteiger partial charge in [-0.05, 0) is 25.0 Å². The van der Waals surface area contributed by atoms with Gasteiger partial charge in [0.05, 0.1) is 11.3 Å². The fraction of sp³-hybridized carbons (Fsp3) is 0.417. The second kappa shape index (κ2) is 4.39. The summed E-state index contributed by atoms with van der Waals surface area (Å²) in [4.78, 5) is 4.55. The molecule has 3 rings (SSSR count). The van der Waals surface area contributed by atoms with Gasteiger partial charge in [-0.15, -0.1) is 11.3 Å². The van der Waals surface area contributed by atoms with Crippen molar-refractivity contribution < 1.29 is 4.42 Å². The number of thiazole rings is 1. The van der Waals surface area contributed by atoms with Crippen molar-refractivity contribution in [3.63, 3.8) is 0 Å². The molecule has 0 amide bonds. The maximum absolute atomic E-state index is 5.31. The summed E-state index contributed by atoms with van der Waals surface area (Å²) < 4.78 is 5.31. The molecular formula is C12H14N2OS. The van der Waals surface area contributed by atoms with E-state index in [4.69, 9.17) is 4.42 Å². The van der Waals surface area contributed by atoms with Gasteiger partial charge in [0, 0.05) is 24.4 Å². The first-order valence-corrected chi connectivity index (χ1v) is 6.51. The molecule has 0 unspecified atom stereocenters. The highest BCUT2D eigenvalue weighted by molar-refractivity contribution is 7.09. The van der Waals surface area contributed by atoms with E-state index in [0.717, 1.165) is 30.5 Å². The number of rotatable bonds is 5. The van der Waals surface area contributed by atoms with Crippen molar-refractivity contribution in [2.75, 3.05) is 6.54 Å². The number of nitrogens with zero attached hydrogens (tertiary/aromatic N) is 1. The standard InChI is InChI=1S/C12H14N2OS/c1-2-11(15-7-1)10-8-16-12(14-10)5-6-13-9-3-4-9/h1-2,7-9,13H,3-6H2. The lowest BCUT2D eigenvalue weighted by Gasteiger charge is -1.98. The van der Waals surface area contributed by atoms with E-state index >= 15 is 0 Å². The van der Waals surface area contributed by atoms with Crippen LogP contribution in [0.25, 0.3) is 11.5 Å². The van der Waals surface area contributed by atoms with Crippen LogP contribution in [0.15, 0.2) is 28.2 Å². The van der Waals surface area contributed by atoms with Crippen molar-refractivity contribution >= 4 is 11.3 Å². The van der Waals surface area contributed by atoms with Gasteiger partial charge < -0.3 is 9.73 Å². The van der Waals surface area contributed by atoms with E-state index in [1.165, 1.54) is 17.8 Å². The summed E-state index contributed by atoms with van der Waals surface area (Å²) in [7, 11) is 0. The predicted octanol–water partition coefficient (Wildman–Crippen LogP) is 2.70. The molecule has 0 saturated heterocycles. The Morgan fingerprint density at radius 1 is 1.50 bits per heavy atom. The first kappa shape index (κ1) is 10.1. The van der Waals surface area contributed by atoms with E-state index in [9.17, 15) is 0 Å². The molecule has 3 nitrogen and oxygen atoms in total. The lowest BCUT2D eigenvalue weighted by molar-refractivity contribution is 0.580. The molecule has 2 heterocycles. The van der Waals surface area contributed by atoms with Crippen LogP contribution in [-0.2, 0) is 6.42 Å². The topological polar surface area (TPSA) is 38.1 Å². The molecule has 1 N–H and O–H groups in total. The zero-order valence-electron chi connectivity index (χ0n) is 8.98. The van der Waals surface area contributed by atoms with Crippen molar-refractivity contribution in [2.24, 2.45) is 0 Å². The smallest absolute Gasteiger partial charge is 0.153 e. The van der Waals surface area contributed by atoms with Crippen LogP contribution < -0.4 is 5.32 Å². The third-order valence-corrected chi connectivity index (χ3v) is 3.58. The van der Waals surface area contributed by atoms with E-state index < -0.39 is 0 Å². The van der Waals surface area contributed by atoms with Crippen LogP contribution in [0.4, 0.5) is 0 Å². The Balaban J connectivity index is 1.59. The number of hydrogen-bond donors (Lipinski definition) is 1. The molecule has 0 atom stereocenters. The van der Waals surface area contributed by atoms with Crippen LogP contribution >= 0.6 is 11.3 Å². The number of hydrogen-bond acceptors (Lipinski definition) is 4. The molecule has 0 aromatic carbocycles. The van der Waals surface area contributed by atoms with Crippen LogP contribution in [0, 0.1) is 0 Å². The van der Waals surface area contributed by atoms with Crippen LogP contribution in [-0.4, -0.2) is 17.6 Å². The summed E-state index contributed by atoms with van der Waals surface area (Å²) in [5.41, 5.74) is 0.955. The van der Waals surface area contributed by atoms with E-state index in [-0.39, 0.29) is 0 Å². The fourth-order valence-electron chi connectivity index (χ4n) is 1.63. The molecule has 0 bridgehead atoms. The van der Waals surface area contributed by atoms with E-state index in [1.54, 1.807) is 17.6 Å². The first-order chi connectivity index (χ1) is 7.92. The van der Waals surface area contributed by atoms with Gasteiger partial charge in [0.2, 0.25) is 0 Å². The van der Waals surface area contributed by atoms with Crippen LogP contribution in [0.5, 0.6) is 0 Å². The summed E-state index contributed by atoms with van der Waals surface area (Å²) in [5.74, 6) is 0.859. The number of aromatic nitrogens is 1. The third kappa shape index (κ3) is 2.33. The minimum atomic E-state index is 0.782. The van der Waals surface area contributed by atoms with E-state index in [1.807, 2.05) is 12.1 Å². The summed E-state index contributed by atoms with van der Waals surface area (Å²) in [6, 6.07) is 4.62. The molecule has 2 aromatic heterocycles. The lowest BCUT2D eigenvalue weighted by atomic mass is 10.3. The monoisotopic (exact) mass is 234 g/mol. The molecule has 0 aliphatic heterocycles. The fourth-order valence-corrected chi connectivity index (χ4v) is 2.42. The Kier molecular flexibility index (Phi) is 2.76. The summed E-state index contributed by atoms with van der Waals surface area (Å²) in [6.07, 6.45) is 5.38.